The Bertz CT molecular complexity index is 1220. The van der Waals surface area contributed by atoms with Gasteiger partial charge in [-0.2, -0.15) is 0 Å². The predicted octanol–water partition coefficient (Wildman–Crippen LogP) is 2.50. The number of hydrogen-bond donors (Lipinski definition) is 5. The zero-order valence-corrected chi connectivity index (χ0v) is 25.0. The van der Waals surface area contributed by atoms with E-state index in [9.17, 15) is 24.0 Å². The van der Waals surface area contributed by atoms with Crippen molar-refractivity contribution in [3.05, 3.63) is 83.9 Å². The number of rotatable bonds is 17. The second kappa shape index (κ2) is 18.7. The first-order chi connectivity index (χ1) is 20.6. The lowest BCUT2D eigenvalue weighted by atomic mass is 10.0. The molecule has 0 aliphatic rings. The number of nitrogens with two attached hydrogens (primary N) is 1. The van der Waals surface area contributed by atoms with Crippen molar-refractivity contribution in [2.24, 2.45) is 11.7 Å². The Hall–Kier alpha value is -4.67. The van der Waals surface area contributed by atoms with Crippen molar-refractivity contribution in [1.82, 2.24) is 21.3 Å². The zero-order valence-electron chi connectivity index (χ0n) is 25.0. The summed E-state index contributed by atoms with van der Waals surface area (Å²) in [6.07, 6.45) is 3.22. The van der Waals surface area contributed by atoms with Gasteiger partial charge < -0.3 is 31.7 Å². The van der Waals surface area contributed by atoms with Crippen LogP contribution in [0.4, 0.5) is 4.79 Å². The number of amides is 5. The van der Waals surface area contributed by atoms with Gasteiger partial charge in [0.2, 0.25) is 17.7 Å². The molecule has 0 unspecified atom stereocenters. The van der Waals surface area contributed by atoms with Crippen molar-refractivity contribution >= 4 is 29.7 Å². The van der Waals surface area contributed by atoms with Gasteiger partial charge in [0, 0.05) is 31.5 Å². The summed E-state index contributed by atoms with van der Waals surface area (Å²) in [4.78, 5) is 63.0. The maximum absolute atomic E-state index is 13.5. The molecule has 0 aliphatic heterocycles. The molecule has 0 radical (unpaired) electrons. The van der Waals surface area contributed by atoms with E-state index < -0.39 is 47.8 Å². The van der Waals surface area contributed by atoms with Gasteiger partial charge in [0.1, 0.15) is 12.1 Å². The van der Waals surface area contributed by atoms with Gasteiger partial charge in [-0.25, -0.2) is 9.59 Å². The molecule has 6 N–H and O–H groups in total. The number of urea groups is 1. The number of nitrogens with one attached hydrogen (secondary N) is 4. The van der Waals surface area contributed by atoms with Crippen LogP contribution in [0, 0.1) is 5.92 Å². The topological polar surface area (TPSA) is 169 Å². The van der Waals surface area contributed by atoms with Crippen LogP contribution in [0.15, 0.2) is 72.8 Å². The van der Waals surface area contributed by atoms with Gasteiger partial charge in [-0.05, 0) is 36.8 Å². The Labute approximate surface area is 253 Å². The molecule has 2 aromatic carbocycles. The van der Waals surface area contributed by atoms with E-state index in [1.165, 1.54) is 12.2 Å². The van der Waals surface area contributed by atoms with Crippen LogP contribution in [0.5, 0.6) is 0 Å². The van der Waals surface area contributed by atoms with E-state index in [4.69, 9.17) is 10.5 Å². The minimum Gasteiger partial charge on any atom is -0.463 e. The Morgan fingerprint density at radius 3 is 2.02 bits per heavy atom. The lowest BCUT2D eigenvalue weighted by Gasteiger charge is -2.25. The molecule has 0 aliphatic carbocycles. The SMILES string of the molecule is CCOC(=O)/C=C/[C@H](CCC(N)=O)NC(=O)[C@H](Cc1ccccc1)NC(=O)[C@H](CC(C)C)NC(=O)NCc1ccccc1. The quantitative estimate of drug-likeness (QED) is 0.139. The van der Waals surface area contributed by atoms with E-state index in [1.807, 2.05) is 74.5 Å². The highest BCUT2D eigenvalue weighted by Gasteiger charge is 2.28. The molecule has 3 atom stereocenters. The van der Waals surface area contributed by atoms with E-state index in [0.29, 0.717) is 6.42 Å². The van der Waals surface area contributed by atoms with Crippen LogP contribution in [0.1, 0.15) is 51.2 Å². The Kier molecular flexibility index (Phi) is 15.0. The molecule has 0 spiro atoms. The lowest BCUT2D eigenvalue weighted by Crippen LogP contribution is -2.56. The zero-order chi connectivity index (χ0) is 31.6. The molecule has 0 bridgehead atoms. The molecule has 11 nitrogen and oxygen atoms in total. The fourth-order valence-corrected chi connectivity index (χ4v) is 4.20. The van der Waals surface area contributed by atoms with E-state index in [0.717, 1.165) is 11.1 Å². The third-order valence-electron chi connectivity index (χ3n) is 6.32. The first-order valence-electron chi connectivity index (χ1n) is 14.4. The molecular formula is C32H43N5O6. The Morgan fingerprint density at radius 2 is 1.44 bits per heavy atom. The van der Waals surface area contributed by atoms with Crippen molar-refractivity contribution in [2.75, 3.05) is 6.61 Å². The molecule has 2 rings (SSSR count). The lowest BCUT2D eigenvalue weighted by molar-refractivity contribution is -0.137. The third-order valence-corrected chi connectivity index (χ3v) is 6.32. The number of carbonyl (C=O) groups excluding carboxylic acids is 5. The van der Waals surface area contributed by atoms with Gasteiger partial charge in [-0.15, -0.1) is 0 Å². The van der Waals surface area contributed by atoms with Crippen molar-refractivity contribution in [3.63, 3.8) is 0 Å². The molecule has 0 fully saturated rings. The van der Waals surface area contributed by atoms with Crippen molar-refractivity contribution in [2.45, 2.75) is 71.1 Å². The van der Waals surface area contributed by atoms with Gasteiger partial charge in [0.05, 0.1) is 6.61 Å². The maximum atomic E-state index is 13.5. The van der Waals surface area contributed by atoms with Gasteiger partial charge in [0.15, 0.2) is 0 Å². The summed E-state index contributed by atoms with van der Waals surface area (Å²) in [7, 11) is 0. The fraction of sp³-hybridized carbons (Fsp3) is 0.406. The highest BCUT2D eigenvalue weighted by molar-refractivity contribution is 5.92. The number of benzene rings is 2. The predicted molar refractivity (Wildman–Crippen MR) is 163 cm³/mol. The molecule has 232 valence electrons. The fourth-order valence-electron chi connectivity index (χ4n) is 4.20. The third kappa shape index (κ3) is 14.2. The smallest absolute Gasteiger partial charge is 0.330 e. The summed E-state index contributed by atoms with van der Waals surface area (Å²) in [6, 6.07) is 15.4. The molecule has 0 saturated carbocycles. The highest BCUT2D eigenvalue weighted by atomic mass is 16.5. The van der Waals surface area contributed by atoms with Crippen LogP contribution in [-0.2, 0) is 36.9 Å². The Morgan fingerprint density at radius 1 is 0.837 bits per heavy atom. The summed E-state index contributed by atoms with van der Waals surface area (Å²) in [6.45, 7) is 5.99. The van der Waals surface area contributed by atoms with E-state index in [1.54, 1.807) is 6.92 Å². The molecule has 2 aromatic rings. The van der Waals surface area contributed by atoms with Gasteiger partial charge in [0.25, 0.3) is 0 Å². The number of primary amides is 1. The Balaban J connectivity index is 2.20. The first-order valence-corrected chi connectivity index (χ1v) is 14.4. The van der Waals surface area contributed by atoms with Crippen molar-refractivity contribution in [3.8, 4) is 0 Å². The van der Waals surface area contributed by atoms with Crippen LogP contribution in [0.3, 0.4) is 0 Å². The minimum atomic E-state index is -1.02. The van der Waals surface area contributed by atoms with E-state index in [2.05, 4.69) is 21.3 Å². The standard InChI is InChI=1S/C32H43N5O6/c1-4-43-29(39)18-16-25(15-17-28(33)38)35-30(40)27(20-23-11-7-5-8-12-23)36-31(41)26(19-22(2)3)37-32(42)34-21-24-13-9-6-10-14-24/h5-14,16,18,22,25-27H,4,15,17,19-21H2,1-3H3,(H2,33,38)(H,35,40)(H,36,41)(H2,34,37,42)/b18-16+/t25-,26-,27-/m0/s1. The molecule has 43 heavy (non-hydrogen) atoms. The number of ether oxygens (including phenoxy) is 1. The second-order valence-corrected chi connectivity index (χ2v) is 10.5. The van der Waals surface area contributed by atoms with Crippen molar-refractivity contribution < 1.29 is 28.7 Å². The normalized spacial score (nSPS) is 13.0. The largest absolute Gasteiger partial charge is 0.463 e. The van der Waals surface area contributed by atoms with Crippen molar-refractivity contribution in [1.29, 1.82) is 0 Å². The highest BCUT2D eigenvalue weighted by Crippen LogP contribution is 2.09. The van der Waals surface area contributed by atoms with Crippen LogP contribution < -0.4 is 27.0 Å². The summed E-state index contributed by atoms with van der Waals surface area (Å²) in [5.41, 5.74) is 7.01. The van der Waals surface area contributed by atoms with Crippen LogP contribution in [0.2, 0.25) is 0 Å². The van der Waals surface area contributed by atoms with E-state index in [-0.39, 0.29) is 38.3 Å². The molecule has 5 amide bonds. The van der Waals surface area contributed by atoms with Gasteiger partial charge >= 0.3 is 12.0 Å². The average Bonchev–Trinajstić information content (AvgIpc) is 2.97. The van der Waals surface area contributed by atoms with Crippen LogP contribution in [0.25, 0.3) is 0 Å². The summed E-state index contributed by atoms with van der Waals surface area (Å²) >= 11 is 0. The van der Waals surface area contributed by atoms with Gasteiger partial charge in [-0.3, -0.25) is 14.4 Å². The van der Waals surface area contributed by atoms with E-state index >= 15 is 0 Å². The number of hydrogen-bond acceptors (Lipinski definition) is 6. The van der Waals surface area contributed by atoms with Gasteiger partial charge in [-0.1, -0.05) is 80.6 Å². The summed E-state index contributed by atoms with van der Waals surface area (Å²) in [5.74, 6) is -2.14. The van der Waals surface area contributed by atoms with Crippen LogP contribution in [-0.4, -0.2) is 54.5 Å². The molecule has 0 saturated heterocycles. The molecular weight excluding hydrogens is 550 g/mol. The first kappa shape index (κ1) is 34.5. The number of carbonyl (C=O) groups is 5. The number of esters is 1. The maximum Gasteiger partial charge on any atom is 0.330 e. The summed E-state index contributed by atoms with van der Waals surface area (Å²) < 4.78 is 4.91. The van der Waals surface area contributed by atoms with Crippen LogP contribution >= 0.6 is 0 Å². The summed E-state index contributed by atoms with van der Waals surface area (Å²) in [5, 5.41) is 11.1. The monoisotopic (exact) mass is 593 g/mol. The second-order valence-electron chi connectivity index (χ2n) is 10.5. The molecule has 0 aromatic heterocycles. The minimum absolute atomic E-state index is 0.0354. The molecule has 0 heterocycles. The average molecular weight is 594 g/mol. The molecule has 11 heteroatoms.